The van der Waals surface area contributed by atoms with Crippen molar-refractivity contribution in [3.05, 3.63) is 102 Å². The van der Waals surface area contributed by atoms with Crippen LogP contribution in [0.2, 0.25) is 0 Å². The van der Waals surface area contributed by atoms with Gasteiger partial charge < -0.3 is 28.8 Å². The Bertz CT molecular complexity index is 2700. The predicted molar refractivity (Wildman–Crippen MR) is 256 cm³/mol. The summed E-state index contributed by atoms with van der Waals surface area (Å²) >= 11 is 0. The van der Waals surface area contributed by atoms with Gasteiger partial charge >= 0.3 is 5.97 Å². The number of ether oxygens (including phenoxy) is 2. The molecule has 2 aromatic carbocycles. The zero-order valence-electron chi connectivity index (χ0n) is 40.0. The van der Waals surface area contributed by atoms with Gasteiger partial charge in [-0.3, -0.25) is 39.3 Å². The standard InChI is InChI=1S/C51H63N9O7/c1-11-42(61)55-50-53-28-41(57(50)8)48(64)58(9)44(30(3)4)46(62)54-39-25-32-16-13-17-33(24-32)34-20-21-40-36(26-34)37(45(59(40)12-2)35-18-14-22-52-43(35)31(5)66-10)27-51(6,7)29-67-49(65)38-19-15-23-60(56-38)47(39)63/h11,13-14,16-18,20-22,24,26,28,30-31,38-39,44,56H,1,12,15,19,23,25,27,29H2,2-10H3,(H,54,62)(H,53,55,61)/t31?,38-,39-,44-/m0/s1. The smallest absolute Gasteiger partial charge is 0.324 e. The van der Waals surface area contributed by atoms with Crippen molar-refractivity contribution in [2.24, 2.45) is 18.4 Å². The Morgan fingerprint density at radius 2 is 1.84 bits per heavy atom. The van der Waals surface area contributed by atoms with E-state index in [1.807, 2.05) is 51.1 Å². The molecule has 16 nitrogen and oxygen atoms in total. The Labute approximate surface area is 392 Å². The van der Waals surface area contributed by atoms with Gasteiger partial charge in [-0.05, 0) is 91.6 Å². The number of amides is 4. The molecule has 2 aliphatic heterocycles. The van der Waals surface area contributed by atoms with E-state index in [1.54, 1.807) is 20.4 Å². The van der Waals surface area contributed by atoms with Crippen molar-refractivity contribution in [3.63, 3.8) is 0 Å². The fraction of sp³-hybridized carbons (Fsp3) is 0.431. The topological polar surface area (TPSA) is 182 Å². The molecule has 1 saturated heterocycles. The number of carbonyl (C=O) groups excluding carboxylic acids is 5. The maximum Gasteiger partial charge on any atom is 0.324 e. The second-order valence-corrected chi connectivity index (χ2v) is 18.7. The number of rotatable bonds is 11. The molecule has 6 bridgehead atoms. The summed E-state index contributed by atoms with van der Waals surface area (Å²) < 4.78 is 15.7. The van der Waals surface area contributed by atoms with E-state index in [4.69, 9.17) is 14.5 Å². The summed E-state index contributed by atoms with van der Waals surface area (Å²) in [4.78, 5) is 79.5. The molecule has 4 amide bonds. The number of aromatic nitrogens is 4. The third kappa shape index (κ3) is 10.1. The third-order valence-corrected chi connectivity index (χ3v) is 12.9. The van der Waals surface area contributed by atoms with Gasteiger partial charge in [-0.1, -0.05) is 64.6 Å². The van der Waals surface area contributed by atoms with Crippen LogP contribution in [0.4, 0.5) is 5.95 Å². The highest BCUT2D eigenvalue weighted by Crippen LogP contribution is 2.42. The molecule has 1 fully saturated rings. The first-order valence-corrected chi connectivity index (χ1v) is 23.0. The van der Waals surface area contributed by atoms with Crippen LogP contribution in [0, 0.1) is 11.3 Å². The van der Waals surface area contributed by atoms with Crippen molar-refractivity contribution in [1.82, 2.24) is 39.8 Å². The fourth-order valence-corrected chi connectivity index (χ4v) is 9.36. The number of carbonyl (C=O) groups is 5. The summed E-state index contributed by atoms with van der Waals surface area (Å²) in [5.74, 6) is -2.68. The number of hydrogen-bond donors (Lipinski definition) is 3. The number of esters is 1. The van der Waals surface area contributed by atoms with E-state index in [0.717, 1.165) is 56.2 Å². The summed E-state index contributed by atoms with van der Waals surface area (Å²) in [6, 6.07) is 15.6. The summed E-state index contributed by atoms with van der Waals surface area (Å²) in [6.45, 7) is 16.5. The normalized spacial score (nSPS) is 18.4. The number of hydrazine groups is 1. The molecule has 0 saturated carbocycles. The van der Waals surface area contributed by atoms with E-state index in [1.165, 1.54) is 27.7 Å². The number of anilines is 1. The average Bonchev–Trinajstić information content (AvgIpc) is 3.83. The summed E-state index contributed by atoms with van der Waals surface area (Å²) in [5.41, 5.74) is 10.5. The van der Waals surface area contributed by atoms with Crippen LogP contribution in [0.15, 0.2) is 79.6 Å². The van der Waals surface area contributed by atoms with Gasteiger partial charge in [-0.25, -0.2) is 10.4 Å². The van der Waals surface area contributed by atoms with Crippen molar-refractivity contribution < 1.29 is 33.4 Å². The van der Waals surface area contributed by atoms with Gasteiger partial charge in [0.15, 0.2) is 0 Å². The lowest BCUT2D eigenvalue weighted by Crippen LogP contribution is -2.62. The molecule has 354 valence electrons. The number of nitrogens with zero attached hydrogens (tertiary/aromatic N) is 6. The highest BCUT2D eigenvalue weighted by molar-refractivity contribution is 6.00. The van der Waals surface area contributed by atoms with E-state index < -0.39 is 53.1 Å². The molecule has 1 unspecified atom stereocenters. The number of aryl methyl sites for hydroxylation is 1. The highest BCUT2D eigenvalue weighted by atomic mass is 16.5. The Morgan fingerprint density at radius 3 is 2.55 bits per heavy atom. The molecule has 0 spiro atoms. The maximum atomic E-state index is 14.7. The van der Waals surface area contributed by atoms with Gasteiger partial charge in [0.25, 0.3) is 11.8 Å². The summed E-state index contributed by atoms with van der Waals surface area (Å²) in [7, 11) is 4.79. The number of imidazole rings is 1. The van der Waals surface area contributed by atoms with Crippen LogP contribution >= 0.6 is 0 Å². The van der Waals surface area contributed by atoms with Crippen molar-refractivity contribution in [3.8, 4) is 22.4 Å². The van der Waals surface area contributed by atoms with E-state index in [2.05, 4.69) is 77.2 Å². The molecule has 67 heavy (non-hydrogen) atoms. The quantitative estimate of drug-likeness (QED) is 0.0991. The number of pyridine rings is 1. The minimum absolute atomic E-state index is 0.113. The van der Waals surface area contributed by atoms with Gasteiger partial charge in [0.1, 0.15) is 23.8 Å². The third-order valence-electron chi connectivity index (χ3n) is 12.9. The molecule has 3 N–H and O–H groups in total. The molecule has 4 atom stereocenters. The van der Waals surface area contributed by atoms with Gasteiger partial charge in [0.05, 0.1) is 30.3 Å². The van der Waals surface area contributed by atoms with Crippen LogP contribution in [0.5, 0.6) is 0 Å². The monoisotopic (exact) mass is 913 g/mol. The minimum Gasteiger partial charge on any atom is -0.464 e. The Morgan fingerprint density at radius 1 is 1.07 bits per heavy atom. The van der Waals surface area contributed by atoms with Crippen LogP contribution in [-0.2, 0) is 55.1 Å². The molecule has 16 heteroatoms. The summed E-state index contributed by atoms with van der Waals surface area (Å²) in [5, 5.41) is 8.07. The van der Waals surface area contributed by atoms with Gasteiger partial charge in [-0.15, -0.1) is 0 Å². The molecule has 7 rings (SSSR count). The second kappa shape index (κ2) is 20.1. The molecule has 0 radical (unpaired) electrons. The largest absolute Gasteiger partial charge is 0.464 e. The van der Waals surface area contributed by atoms with Crippen molar-refractivity contribution in [2.45, 2.75) is 98.0 Å². The lowest BCUT2D eigenvalue weighted by molar-refractivity contribution is -0.155. The van der Waals surface area contributed by atoms with E-state index >= 15 is 0 Å². The first-order valence-electron chi connectivity index (χ1n) is 23.0. The number of nitrogens with one attached hydrogen (secondary N) is 3. The number of benzene rings is 2. The number of hydrogen-bond acceptors (Lipinski definition) is 10. The van der Waals surface area contributed by atoms with Crippen LogP contribution in [0.25, 0.3) is 33.3 Å². The number of fused-ring (bicyclic) bond motifs is 6. The first-order chi connectivity index (χ1) is 32.0. The summed E-state index contributed by atoms with van der Waals surface area (Å²) in [6.07, 6.45) is 5.62. The van der Waals surface area contributed by atoms with E-state index in [9.17, 15) is 24.0 Å². The highest BCUT2D eigenvalue weighted by Gasteiger charge is 2.38. The zero-order chi connectivity index (χ0) is 48.3. The Balaban J connectivity index is 1.30. The molecule has 2 aliphatic rings. The number of cyclic esters (lactones) is 1. The lowest BCUT2D eigenvalue weighted by Gasteiger charge is -2.36. The molecular weight excluding hydrogens is 851 g/mol. The molecule has 5 heterocycles. The van der Waals surface area contributed by atoms with Gasteiger partial charge in [0.2, 0.25) is 17.8 Å². The SMILES string of the molecule is C=CC(=O)Nc1ncc(C(=O)N(C)[C@H](C(=O)N[C@H]2Cc3cccc(c3)-c3ccc4c(c3)c(c(-c3cccnc3C(C)OC)n4CC)CC(C)(C)COC(=O)[C@@H]3CCCN(N3)C2=O)C(C)C)n1C. The molecular formula is C51H63N9O7. The molecule has 0 aliphatic carbocycles. The number of methoxy groups -OCH3 is 1. The van der Waals surface area contributed by atoms with Crippen molar-refractivity contribution >= 4 is 46.4 Å². The van der Waals surface area contributed by atoms with E-state index in [-0.39, 0.29) is 36.7 Å². The lowest BCUT2D eigenvalue weighted by atomic mass is 9.84. The van der Waals surface area contributed by atoms with Crippen LogP contribution in [0.1, 0.15) is 87.8 Å². The van der Waals surface area contributed by atoms with E-state index in [0.29, 0.717) is 32.4 Å². The van der Waals surface area contributed by atoms with Gasteiger partial charge in [-0.2, -0.15) is 0 Å². The van der Waals surface area contributed by atoms with Crippen LogP contribution < -0.4 is 16.1 Å². The first kappa shape index (κ1) is 48.3. The van der Waals surface area contributed by atoms with Crippen molar-refractivity contribution in [1.29, 1.82) is 0 Å². The average molecular weight is 914 g/mol. The van der Waals surface area contributed by atoms with Crippen molar-refractivity contribution in [2.75, 3.05) is 32.6 Å². The van der Waals surface area contributed by atoms with Crippen LogP contribution in [0.3, 0.4) is 0 Å². The Hall–Kier alpha value is -6.65. The van der Waals surface area contributed by atoms with Crippen LogP contribution in [-0.4, -0.2) is 104 Å². The Kier molecular flexibility index (Phi) is 14.5. The second-order valence-electron chi connectivity index (χ2n) is 18.7. The molecule has 5 aromatic rings. The fourth-order valence-electron chi connectivity index (χ4n) is 9.36. The zero-order valence-corrected chi connectivity index (χ0v) is 40.0. The number of likely N-dealkylation sites (N-methyl/N-ethyl adjacent to an activating group) is 1. The minimum atomic E-state index is -1.09. The maximum absolute atomic E-state index is 14.7. The predicted octanol–water partition coefficient (Wildman–Crippen LogP) is 6.40. The van der Waals surface area contributed by atoms with Gasteiger partial charge in [0, 0.05) is 68.8 Å². The molecule has 3 aromatic heterocycles.